The zero-order valence-corrected chi connectivity index (χ0v) is 16.5. The van der Waals surface area contributed by atoms with Crippen molar-refractivity contribution in [1.82, 2.24) is 4.67 Å². The van der Waals surface area contributed by atoms with E-state index in [1.165, 1.54) is 11.1 Å². The number of rotatable bonds is 6. The highest BCUT2D eigenvalue weighted by molar-refractivity contribution is 8.04. The zero-order valence-electron chi connectivity index (χ0n) is 12.4. The van der Waals surface area contributed by atoms with E-state index < -0.39 is 14.1 Å². The van der Waals surface area contributed by atoms with E-state index in [1.807, 2.05) is 0 Å². The summed E-state index contributed by atoms with van der Waals surface area (Å²) < 4.78 is 2.36. The number of benzene rings is 1. The van der Waals surface area contributed by atoms with Gasteiger partial charge in [-0.2, -0.15) is 0 Å². The predicted molar refractivity (Wildman–Crippen MR) is 97.6 cm³/mol. The fourth-order valence-electron chi connectivity index (χ4n) is 1.78. The minimum absolute atomic E-state index is 0.0275. The molecule has 0 N–H and O–H groups in total. The summed E-state index contributed by atoms with van der Waals surface area (Å²) >= 11 is 18.4. The standard InChI is InChI=1S/C14H22Cl3NP2/c1-12-5-7-13(8-6-12)11-18(14(2,3)4)20(17)10-9-19(15)16/h5-8H,9-11H2,1-4H3. The summed E-state index contributed by atoms with van der Waals surface area (Å²) in [5.41, 5.74) is 2.59. The maximum Gasteiger partial charge on any atom is 0.0859 e. The van der Waals surface area contributed by atoms with E-state index >= 15 is 0 Å². The lowest BCUT2D eigenvalue weighted by atomic mass is 10.1. The molecule has 0 bridgehead atoms. The van der Waals surface area contributed by atoms with Crippen molar-refractivity contribution in [2.75, 3.05) is 12.3 Å². The van der Waals surface area contributed by atoms with Crippen LogP contribution < -0.4 is 0 Å². The molecule has 0 aromatic heterocycles. The first-order valence-electron chi connectivity index (χ1n) is 6.55. The quantitative estimate of drug-likeness (QED) is 0.489. The van der Waals surface area contributed by atoms with E-state index in [9.17, 15) is 0 Å². The molecule has 6 heteroatoms. The maximum absolute atomic E-state index is 6.64. The molecule has 0 fully saturated rings. The Bertz CT molecular complexity index is 404. The fraction of sp³-hybridized carbons (Fsp3) is 0.571. The van der Waals surface area contributed by atoms with Crippen molar-refractivity contribution in [3.05, 3.63) is 35.4 Å². The van der Waals surface area contributed by atoms with E-state index in [0.29, 0.717) is 0 Å². The second-order valence-electron chi connectivity index (χ2n) is 5.80. The minimum Gasteiger partial charge on any atom is -0.260 e. The SMILES string of the molecule is Cc1ccc(CN(P(Cl)CCP(Cl)Cl)C(C)(C)C)cc1. The minimum atomic E-state index is -0.908. The maximum atomic E-state index is 6.64. The Hall–Kier alpha value is 0.910. The first-order chi connectivity index (χ1) is 9.20. The number of hydrogen-bond acceptors (Lipinski definition) is 1. The molecule has 0 aliphatic carbocycles. The molecule has 20 heavy (non-hydrogen) atoms. The lowest BCUT2D eigenvalue weighted by Crippen LogP contribution is -2.36. The van der Waals surface area contributed by atoms with Crippen LogP contribution >= 0.6 is 47.8 Å². The smallest absolute Gasteiger partial charge is 0.0859 e. The molecule has 0 heterocycles. The van der Waals surface area contributed by atoms with Gasteiger partial charge in [0.2, 0.25) is 0 Å². The van der Waals surface area contributed by atoms with Crippen LogP contribution in [-0.2, 0) is 6.54 Å². The highest BCUT2D eigenvalue weighted by Crippen LogP contribution is 2.55. The highest BCUT2D eigenvalue weighted by Gasteiger charge is 2.28. The van der Waals surface area contributed by atoms with Crippen molar-refractivity contribution in [3.8, 4) is 0 Å². The van der Waals surface area contributed by atoms with Gasteiger partial charge in [-0.05, 0) is 33.3 Å². The second-order valence-corrected chi connectivity index (χ2v) is 12.6. The van der Waals surface area contributed by atoms with E-state index in [1.54, 1.807) is 0 Å². The zero-order chi connectivity index (χ0) is 15.3. The predicted octanol–water partition coefficient (Wildman–Crippen LogP) is 6.94. The summed E-state index contributed by atoms with van der Waals surface area (Å²) in [5, 5.41) is 0. The number of aryl methyl sites for hydroxylation is 1. The molecule has 1 aromatic carbocycles. The van der Waals surface area contributed by atoms with Crippen molar-refractivity contribution in [2.24, 2.45) is 0 Å². The van der Waals surface area contributed by atoms with Crippen LogP contribution in [0.2, 0.25) is 0 Å². The first kappa shape index (κ1) is 19.0. The number of hydrogen-bond donors (Lipinski definition) is 0. The summed E-state index contributed by atoms with van der Waals surface area (Å²) in [6.07, 6.45) is 1.67. The number of nitrogens with zero attached hydrogens (tertiary/aromatic N) is 1. The van der Waals surface area contributed by atoms with Crippen molar-refractivity contribution in [1.29, 1.82) is 0 Å². The first-order valence-corrected chi connectivity index (χ1v) is 12.3. The topological polar surface area (TPSA) is 3.24 Å². The highest BCUT2D eigenvalue weighted by atomic mass is 35.9. The van der Waals surface area contributed by atoms with Gasteiger partial charge in [0.1, 0.15) is 0 Å². The lowest BCUT2D eigenvalue weighted by Gasteiger charge is -2.38. The van der Waals surface area contributed by atoms with Crippen molar-refractivity contribution in [3.63, 3.8) is 0 Å². The van der Waals surface area contributed by atoms with E-state index in [2.05, 4.69) is 56.6 Å². The van der Waals surface area contributed by atoms with Crippen LogP contribution in [0.15, 0.2) is 24.3 Å². The van der Waals surface area contributed by atoms with E-state index in [-0.39, 0.29) is 5.54 Å². The molecule has 0 aliphatic heterocycles. The largest absolute Gasteiger partial charge is 0.260 e. The Morgan fingerprint density at radius 3 is 2.00 bits per heavy atom. The summed E-state index contributed by atoms with van der Waals surface area (Å²) in [6.45, 7) is 8.65. The van der Waals surface area contributed by atoms with Gasteiger partial charge < -0.3 is 0 Å². The average Bonchev–Trinajstić information content (AvgIpc) is 2.33. The van der Waals surface area contributed by atoms with Crippen LogP contribution in [0.5, 0.6) is 0 Å². The summed E-state index contributed by atoms with van der Waals surface area (Å²) in [5.74, 6) is 0. The monoisotopic (exact) mass is 371 g/mol. The molecule has 0 saturated carbocycles. The summed E-state index contributed by atoms with van der Waals surface area (Å²) in [7, 11) is -0.743. The molecule has 0 aliphatic rings. The Kier molecular flexibility index (Phi) is 8.07. The van der Waals surface area contributed by atoms with Gasteiger partial charge >= 0.3 is 0 Å². The van der Waals surface area contributed by atoms with Crippen LogP contribution in [0.3, 0.4) is 0 Å². The molecule has 0 radical (unpaired) electrons. The van der Waals surface area contributed by atoms with Crippen LogP contribution in [0.25, 0.3) is 0 Å². The van der Waals surface area contributed by atoms with Gasteiger partial charge in [0, 0.05) is 24.4 Å². The van der Waals surface area contributed by atoms with Crippen molar-refractivity contribution >= 4 is 47.8 Å². The average molecular weight is 373 g/mol. The van der Waals surface area contributed by atoms with Gasteiger partial charge in [0.25, 0.3) is 0 Å². The third-order valence-electron chi connectivity index (χ3n) is 2.94. The summed E-state index contributed by atoms with van der Waals surface area (Å²) in [4.78, 5) is 0. The van der Waals surface area contributed by atoms with Gasteiger partial charge in [0.05, 0.1) is 14.1 Å². The van der Waals surface area contributed by atoms with E-state index in [0.717, 1.165) is 18.9 Å². The molecule has 1 unspecified atom stereocenters. The molecule has 0 amide bonds. The van der Waals surface area contributed by atoms with Crippen LogP contribution in [-0.4, -0.2) is 22.5 Å². The summed E-state index contributed by atoms with van der Waals surface area (Å²) in [6, 6.07) is 8.63. The molecule has 0 saturated heterocycles. The van der Waals surface area contributed by atoms with Crippen molar-refractivity contribution in [2.45, 2.75) is 39.8 Å². The van der Waals surface area contributed by atoms with Gasteiger partial charge in [-0.1, -0.05) is 63.6 Å². The Morgan fingerprint density at radius 2 is 1.55 bits per heavy atom. The third-order valence-corrected chi connectivity index (χ3v) is 7.78. The third kappa shape index (κ3) is 6.78. The van der Waals surface area contributed by atoms with Crippen LogP contribution in [0, 0.1) is 6.92 Å². The molecule has 0 spiro atoms. The molecule has 1 aromatic rings. The number of halogens is 3. The van der Waals surface area contributed by atoms with E-state index in [4.69, 9.17) is 33.7 Å². The van der Waals surface area contributed by atoms with Gasteiger partial charge in [-0.25, -0.2) is 0 Å². The second kappa shape index (κ2) is 8.52. The molecule has 1 nitrogen and oxygen atoms in total. The Labute approximate surface area is 139 Å². The fourth-order valence-corrected chi connectivity index (χ4v) is 7.14. The Balaban J connectivity index is 2.76. The molecule has 1 rings (SSSR count). The Morgan fingerprint density at radius 1 is 1.00 bits per heavy atom. The van der Waals surface area contributed by atoms with Crippen LogP contribution in [0.4, 0.5) is 0 Å². The molecular weight excluding hydrogens is 350 g/mol. The van der Waals surface area contributed by atoms with Gasteiger partial charge in [-0.3, -0.25) is 4.67 Å². The molecule has 1 atom stereocenters. The molecule has 114 valence electrons. The van der Waals surface area contributed by atoms with Gasteiger partial charge in [-0.15, -0.1) is 0 Å². The van der Waals surface area contributed by atoms with Gasteiger partial charge in [0.15, 0.2) is 0 Å². The molecular formula is C14H22Cl3NP2. The van der Waals surface area contributed by atoms with Crippen LogP contribution in [0.1, 0.15) is 31.9 Å². The van der Waals surface area contributed by atoms with Crippen molar-refractivity contribution < 1.29 is 0 Å². The normalized spacial score (nSPS) is 14.1. The lowest BCUT2D eigenvalue weighted by molar-refractivity contribution is 0.259.